The molecule has 7 nitrogen and oxygen atoms in total. The maximum atomic E-state index is 12.7. The third-order valence-corrected chi connectivity index (χ3v) is 6.66. The fourth-order valence-electron chi connectivity index (χ4n) is 4.80. The van der Waals surface area contributed by atoms with Crippen LogP contribution in [0.4, 0.5) is 0 Å². The molecule has 0 spiro atoms. The van der Waals surface area contributed by atoms with E-state index in [1.807, 2.05) is 45.0 Å². The molecule has 2 aliphatic heterocycles. The number of esters is 2. The number of hydrogen-bond acceptors (Lipinski definition) is 7. The van der Waals surface area contributed by atoms with Crippen LogP contribution in [0.5, 0.6) is 0 Å². The summed E-state index contributed by atoms with van der Waals surface area (Å²) in [5, 5.41) is 3.99. The highest BCUT2D eigenvalue weighted by Crippen LogP contribution is 2.55. The summed E-state index contributed by atoms with van der Waals surface area (Å²) < 4.78 is 22.3. The molecule has 1 aromatic carbocycles. The molecule has 5 rings (SSSR count). The number of benzene rings is 1. The van der Waals surface area contributed by atoms with E-state index in [-0.39, 0.29) is 17.0 Å². The molecule has 2 saturated heterocycles. The highest BCUT2D eigenvalue weighted by molar-refractivity contribution is 5.97. The molecule has 0 radical (unpaired) electrons. The van der Waals surface area contributed by atoms with E-state index in [4.69, 9.17) is 18.7 Å². The van der Waals surface area contributed by atoms with Gasteiger partial charge in [0.2, 0.25) is 0 Å². The number of aromatic nitrogens is 1. The number of rotatable bonds is 5. The van der Waals surface area contributed by atoms with E-state index in [1.165, 1.54) is 7.11 Å². The number of carbonyl (C=O) groups is 2. The number of methoxy groups -OCH3 is 1. The highest BCUT2D eigenvalue weighted by Gasteiger charge is 2.51. The van der Waals surface area contributed by atoms with Crippen LogP contribution in [-0.4, -0.2) is 36.4 Å². The minimum atomic E-state index is -0.608. The first-order valence-electron chi connectivity index (χ1n) is 11.1. The second-order valence-electron chi connectivity index (χ2n) is 10.1. The van der Waals surface area contributed by atoms with Crippen molar-refractivity contribution in [1.82, 2.24) is 5.16 Å². The van der Waals surface area contributed by atoms with Crippen LogP contribution in [0.2, 0.25) is 0 Å². The van der Waals surface area contributed by atoms with Gasteiger partial charge < -0.3 is 18.7 Å². The Kier molecular flexibility index (Phi) is 5.65. The maximum absolute atomic E-state index is 12.7. The SMILES string of the molecule is COC(=O)CC12CCC(c3ccc(-c4onc(C)c4C(=O)OC(C)(C)C)cc3)(CC1)OC2. The molecule has 1 aromatic heterocycles. The fourth-order valence-corrected chi connectivity index (χ4v) is 4.80. The fraction of sp³-hybridized carbons (Fsp3) is 0.560. The minimum absolute atomic E-state index is 0.103. The van der Waals surface area contributed by atoms with Crippen molar-refractivity contribution >= 4 is 11.9 Å². The first-order chi connectivity index (χ1) is 15.1. The van der Waals surface area contributed by atoms with E-state index in [0.717, 1.165) is 36.8 Å². The van der Waals surface area contributed by atoms with Gasteiger partial charge in [-0.3, -0.25) is 4.79 Å². The molecule has 3 aliphatic rings. The number of fused-ring (bicyclic) bond motifs is 3. The third-order valence-electron chi connectivity index (χ3n) is 6.66. The Bertz CT molecular complexity index is 990. The zero-order valence-corrected chi connectivity index (χ0v) is 19.4. The van der Waals surface area contributed by atoms with Crippen molar-refractivity contribution in [1.29, 1.82) is 0 Å². The standard InChI is InChI=1S/C25H31NO6/c1-16-20(22(28)31-23(2,3)4)21(32-26-16)17-6-8-18(9-7-17)25-12-10-24(11-13-25,15-30-25)14-19(27)29-5/h6-9H,10-15H2,1-5H3. The number of aryl methyl sites for hydroxylation is 1. The number of ether oxygens (including phenoxy) is 3. The lowest BCUT2D eigenvalue weighted by Gasteiger charge is -2.53. The van der Waals surface area contributed by atoms with Gasteiger partial charge in [-0.15, -0.1) is 0 Å². The number of hydrogen-bond donors (Lipinski definition) is 0. The summed E-state index contributed by atoms with van der Waals surface area (Å²) in [5.41, 5.74) is 1.67. The van der Waals surface area contributed by atoms with Crippen molar-refractivity contribution in [3.63, 3.8) is 0 Å². The van der Waals surface area contributed by atoms with Gasteiger partial charge >= 0.3 is 11.9 Å². The third kappa shape index (κ3) is 4.18. The van der Waals surface area contributed by atoms with Gasteiger partial charge in [0.25, 0.3) is 0 Å². The minimum Gasteiger partial charge on any atom is -0.469 e. The summed E-state index contributed by atoms with van der Waals surface area (Å²) >= 11 is 0. The van der Waals surface area contributed by atoms with Crippen LogP contribution in [0.15, 0.2) is 28.8 Å². The molecule has 7 heteroatoms. The van der Waals surface area contributed by atoms with Gasteiger partial charge in [0.05, 0.1) is 31.4 Å². The Labute approximate surface area is 188 Å². The molecular weight excluding hydrogens is 410 g/mol. The first kappa shape index (κ1) is 22.5. The van der Waals surface area contributed by atoms with E-state index in [1.54, 1.807) is 6.92 Å². The summed E-state index contributed by atoms with van der Waals surface area (Å²) in [5.74, 6) is -0.208. The van der Waals surface area contributed by atoms with Crippen molar-refractivity contribution in [3.05, 3.63) is 41.1 Å². The Balaban J connectivity index is 1.54. The van der Waals surface area contributed by atoms with Crippen LogP contribution in [0.25, 0.3) is 11.3 Å². The van der Waals surface area contributed by atoms with E-state index < -0.39 is 11.6 Å². The van der Waals surface area contributed by atoms with Crippen LogP contribution in [0.1, 0.15) is 74.5 Å². The summed E-state index contributed by atoms with van der Waals surface area (Å²) in [6, 6.07) is 7.94. The monoisotopic (exact) mass is 441 g/mol. The molecule has 0 amide bonds. The first-order valence-corrected chi connectivity index (χ1v) is 11.1. The molecule has 1 saturated carbocycles. The van der Waals surface area contributed by atoms with E-state index in [9.17, 15) is 9.59 Å². The zero-order chi connectivity index (χ0) is 23.1. The second kappa shape index (κ2) is 8.03. The molecular formula is C25H31NO6. The average Bonchev–Trinajstić information content (AvgIpc) is 3.15. The lowest BCUT2D eigenvalue weighted by atomic mass is 9.63. The topological polar surface area (TPSA) is 87.9 Å². The molecule has 3 heterocycles. The largest absolute Gasteiger partial charge is 0.469 e. The molecule has 1 aliphatic carbocycles. The summed E-state index contributed by atoms with van der Waals surface area (Å²) in [7, 11) is 1.43. The summed E-state index contributed by atoms with van der Waals surface area (Å²) in [4.78, 5) is 24.5. The Hall–Kier alpha value is -2.67. The van der Waals surface area contributed by atoms with Gasteiger partial charge in [-0.2, -0.15) is 0 Å². The van der Waals surface area contributed by atoms with Crippen molar-refractivity contribution in [2.24, 2.45) is 5.41 Å². The van der Waals surface area contributed by atoms with E-state index in [0.29, 0.717) is 30.0 Å². The van der Waals surface area contributed by atoms with Gasteiger partial charge in [-0.25, -0.2) is 4.79 Å². The van der Waals surface area contributed by atoms with Gasteiger partial charge in [0.15, 0.2) is 5.76 Å². The van der Waals surface area contributed by atoms with Gasteiger partial charge in [-0.1, -0.05) is 29.4 Å². The lowest BCUT2D eigenvalue weighted by Crippen LogP contribution is -2.50. The molecule has 0 unspecified atom stereocenters. The average molecular weight is 442 g/mol. The molecule has 3 fully saturated rings. The lowest BCUT2D eigenvalue weighted by molar-refractivity contribution is -0.196. The number of nitrogens with zero attached hydrogens (tertiary/aromatic N) is 1. The van der Waals surface area contributed by atoms with Crippen LogP contribution >= 0.6 is 0 Å². The summed E-state index contributed by atoms with van der Waals surface area (Å²) in [6.45, 7) is 7.78. The van der Waals surface area contributed by atoms with Gasteiger partial charge in [0, 0.05) is 11.0 Å². The summed E-state index contributed by atoms with van der Waals surface area (Å²) in [6.07, 6.45) is 4.03. The second-order valence-corrected chi connectivity index (χ2v) is 10.1. The number of carbonyl (C=O) groups excluding carboxylic acids is 2. The van der Waals surface area contributed by atoms with E-state index >= 15 is 0 Å². The maximum Gasteiger partial charge on any atom is 0.344 e. The Morgan fingerprint density at radius 1 is 1.09 bits per heavy atom. The van der Waals surface area contributed by atoms with Crippen LogP contribution in [0, 0.1) is 12.3 Å². The van der Waals surface area contributed by atoms with E-state index in [2.05, 4.69) is 5.16 Å². The molecule has 0 N–H and O–H groups in total. The molecule has 0 atom stereocenters. The quantitative estimate of drug-likeness (QED) is 0.606. The predicted octanol–water partition coefficient (Wildman–Crippen LogP) is 4.95. The molecule has 2 bridgehead atoms. The molecule has 172 valence electrons. The molecule has 2 aromatic rings. The Morgan fingerprint density at radius 2 is 1.75 bits per heavy atom. The predicted molar refractivity (Wildman–Crippen MR) is 117 cm³/mol. The van der Waals surface area contributed by atoms with Gasteiger partial charge in [-0.05, 0) is 58.9 Å². The van der Waals surface area contributed by atoms with Crippen molar-refractivity contribution < 1.29 is 28.3 Å². The molecule has 32 heavy (non-hydrogen) atoms. The Morgan fingerprint density at radius 3 is 2.28 bits per heavy atom. The normalized spacial score (nSPS) is 24.9. The zero-order valence-electron chi connectivity index (χ0n) is 19.4. The van der Waals surface area contributed by atoms with Crippen LogP contribution in [0.3, 0.4) is 0 Å². The van der Waals surface area contributed by atoms with Crippen LogP contribution in [-0.2, 0) is 24.6 Å². The highest BCUT2D eigenvalue weighted by atomic mass is 16.6. The smallest absolute Gasteiger partial charge is 0.344 e. The van der Waals surface area contributed by atoms with Crippen molar-refractivity contribution in [2.45, 2.75) is 71.0 Å². The van der Waals surface area contributed by atoms with Crippen molar-refractivity contribution in [2.75, 3.05) is 13.7 Å². The van der Waals surface area contributed by atoms with Gasteiger partial charge in [0.1, 0.15) is 11.2 Å². The van der Waals surface area contributed by atoms with Crippen LogP contribution < -0.4 is 0 Å². The van der Waals surface area contributed by atoms with Crippen molar-refractivity contribution in [3.8, 4) is 11.3 Å².